The van der Waals surface area contributed by atoms with Crippen LogP contribution < -0.4 is 5.32 Å². The Bertz CT molecular complexity index is 1290. The molecule has 0 aliphatic carbocycles. The predicted octanol–water partition coefficient (Wildman–Crippen LogP) is 3.95. The third kappa shape index (κ3) is 4.27. The number of hydrogen-bond donors (Lipinski definition) is 3. The molecule has 2 aromatic heterocycles. The molecule has 188 valence electrons. The van der Waals surface area contributed by atoms with Crippen molar-refractivity contribution >= 4 is 17.6 Å². The molecule has 3 N–H and O–H groups in total. The summed E-state index contributed by atoms with van der Waals surface area (Å²) in [5.41, 5.74) is 1.34. The van der Waals surface area contributed by atoms with Crippen LogP contribution in [0.3, 0.4) is 0 Å². The van der Waals surface area contributed by atoms with Crippen LogP contribution in [0.1, 0.15) is 60.7 Å². The lowest BCUT2D eigenvalue weighted by Gasteiger charge is -2.37. The summed E-state index contributed by atoms with van der Waals surface area (Å²) in [7, 11) is 0. The van der Waals surface area contributed by atoms with Gasteiger partial charge in [-0.1, -0.05) is 0 Å². The molecule has 1 aromatic carbocycles. The normalized spacial score (nSPS) is 25.3. The molecular formula is C25H26F2N6O3. The van der Waals surface area contributed by atoms with E-state index in [4.69, 9.17) is 4.74 Å². The Morgan fingerprint density at radius 1 is 1.00 bits per heavy atom. The molecule has 2 amide bonds. The molecule has 36 heavy (non-hydrogen) atoms. The Balaban J connectivity index is 1.14. The van der Waals surface area contributed by atoms with Gasteiger partial charge in [-0.2, -0.15) is 10.2 Å². The van der Waals surface area contributed by atoms with Crippen LogP contribution in [-0.2, 0) is 9.53 Å². The first kappa shape index (κ1) is 22.8. The molecule has 6 rings (SSSR count). The average Bonchev–Trinajstić information content (AvgIpc) is 3.68. The van der Waals surface area contributed by atoms with Gasteiger partial charge in [-0.25, -0.2) is 8.78 Å². The van der Waals surface area contributed by atoms with Crippen LogP contribution in [0.5, 0.6) is 0 Å². The number of anilines is 1. The number of halogens is 2. The van der Waals surface area contributed by atoms with E-state index >= 15 is 0 Å². The second-order valence-corrected chi connectivity index (χ2v) is 9.75. The van der Waals surface area contributed by atoms with E-state index < -0.39 is 17.5 Å². The van der Waals surface area contributed by atoms with Crippen molar-refractivity contribution < 1.29 is 23.1 Å². The first-order valence-corrected chi connectivity index (χ1v) is 12.3. The Hall–Kier alpha value is -3.60. The van der Waals surface area contributed by atoms with E-state index in [1.807, 2.05) is 4.90 Å². The number of aromatic nitrogens is 4. The maximum absolute atomic E-state index is 13.5. The number of nitrogens with one attached hydrogen (secondary N) is 3. The number of piperidine rings is 1. The maximum Gasteiger partial charge on any atom is 0.274 e. The number of aromatic amines is 2. The smallest absolute Gasteiger partial charge is 0.274 e. The summed E-state index contributed by atoms with van der Waals surface area (Å²) in [4.78, 5) is 28.1. The number of carbonyl (C=O) groups excluding carboxylic acids is 2. The molecule has 0 unspecified atom stereocenters. The zero-order valence-corrected chi connectivity index (χ0v) is 19.5. The summed E-state index contributed by atoms with van der Waals surface area (Å²) >= 11 is 0. The van der Waals surface area contributed by atoms with Crippen LogP contribution in [0.4, 0.5) is 14.6 Å². The van der Waals surface area contributed by atoms with Crippen molar-refractivity contribution in [2.75, 3.05) is 11.9 Å². The van der Waals surface area contributed by atoms with Gasteiger partial charge < -0.3 is 15.0 Å². The molecule has 9 nitrogen and oxygen atoms in total. The molecule has 4 atom stereocenters. The fourth-order valence-electron chi connectivity index (χ4n) is 5.67. The molecule has 0 spiro atoms. The van der Waals surface area contributed by atoms with Crippen molar-refractivity contribution in [3.63, 3.8) is 0 Å². The Morgan fingerprint density at radius 3 is 2.58 bits per heavy atom. The first-order valence-electron chi connectivity index (χ1n) is 12.3. The van der Waals surface area contributed by atoms with E-state index in [0.717, 1.165) is 62.4 Å². The minimum absolute atomic E-state index is 0.0323. The second-order valence-electron chi connectivity index (χ2n) is 9.75. The highest BCUT2D eigenvalue weighted by Crippen LogP contribution is 2.42. The molecular weight excluding hydrogens is 470 g/mol. The van der Waals surface area contributed by atoms with E-state index in [1.165, 1.54) is 6.07 Å². The van der Waals surface area contributed by atoms with Crippen LogP contribution in [-0.4, -0.2) is 55.9 Å². The van der Waals surface area contributed by atoms with Crippen LogP contribution in [0.15, 0.2) is 30.3 Å². The van der Waals surface area contributed by atoms with E-state index in [9.17, 15) is 18.4 Å². The van der Waals surface area contributed by atoms with Gasteiger partial charge in [0.15, 0.2) is 5.82 Å². The minimum Gasteiger partial charge on any atom is -0.374 e. The van der Waals surface area contributed by atoms with Crippen molar-refractivity contribution in [1.29, 1.82) is 0 Å². The minimum atomic E-state index is -0.730. The van der Waals surface area contributed by atoms with Gasteiger partial charge in [-0.3, -0.25) is 19.8 Å². The van der Waals surface area contributed by atoms with Crippen molar-refractivity contribution in [2.24, 2.45) is 5.92 Å². The van der Waals surface area contributed by atoms with Crippen LogP contribution >= 0.6 is 0 Å². The molecule has 3 aliphatic heterocycles. The lowest BCUT2D eigenvalue weighted by atomic mass is 9.86. The highest BCUT2D eigenvalue weighted by Gasteiger charge is 2.47. The summed E-state index contributed by atoms with van der Waals surface area (Å²) in [6.45, 7) is 0.690. The quantitative estimate of drug-likeness (QED) is 0.495. The summed E-state index contributed by atoms with van der Waals surface area (Å²) in [6.07, 6.45) is 5.80. The second kappa shape index (κ2) is 9.12. The fourth-order valence-corrected chi connectivity index (χ4v) is 5.67. The van der Waals surface area contributed by atoms with Crippen molar-refractivity contribution in [1.82, 2.24) is 25.3 Å². The largest absolute Gasteiger partial charge is 0.374 e. The third-order valence-electron chi connectivity index (χ3n) is 7.39. The van der Waals surface area contributed by atoms with Crippen LogP contribution in [0, 0.1) is 17.6 Å². The van der Waals surface area contributed by atoms with Gasteiger partial charge in [-0.15, -0.1) is 0 Å². The monoisotopic (exact) mass is 496 g/mol. The number of carbonyl (C=O) groups is 2. The third-order valence-corrected chi connectivity index (χ3v) is 7.39. The molecule has 0 radical (unpaired) electrons. The molecule has 3 fully saturated rings. The van der Waals surface area contributed by atoms with Crippen molar-refractivity contribution in [2.45, 2.75) is 56.8 Å². The summed E-state index contributed by atoms with van der Waals surface area (Å²) in [6, 6.07) is 6.07. The van der Waals surface area contributed by atoms with E-state index in [-0.39, 0.29) is 47.0 Å². The molecule has 0 saturated carbocycles. The van der Waals surface area contributed by atoms with Gasteiger partial charge in [0, 0.05) is 24.2 Å². The number of rotatable bonds is 5. The summed E-state index contributed by atoms with van der Waals surface area (Å²) < 4.78 is 33.0. The number of amides is 2. The molecule has 3 saturated heterocycles. The number of likely N-dealkylation sites (tertiary alicyclic amines) is 1. The predicted molar refractivity (Wildman–Crippen MR) is 125 cm³/mol. The maximum atomic E-state index is 13.5. The van der Waals surface area contributed by atoms with E-state index in [0.29, 0.717) is 12.4 Å². The van der Waals surface area contributed by atoms with Gasteiger partial charge in [0.25, 0.3) is 5.91 Å². The zero-order chi connectivity index (χ0) is 24.8. The molecule has 5 heterocycles. The highest BCUT2D eigenvalue weighted by atomic mass is 19.1. The van der Waals surface area contributed by atoms with Gasteiger partial charge in [-0.05, 0) is 56.7 Å². The van der Waals surface area contributed by atoms with Crippen LogP contribution in [0.2, 0.25) is 0 Å². The SMILES string of the molecule is O=C(Nc1cc([C@@H]2CCCCN2C(=O)[C@H]2C[C@@H]3CC[C@@H]2O3)[nH]n1)c1cc(-c2cc(F)cc(F)c2)n[nH]1. The lowest BCUT2D eigenvalue weighted by Crippen LogP contribution is -2.44. The van der Waals surface area contributed by atoms with Crippen molar-refractivity contribution in [3.05, 3.63) is 53.4 Å². The number of nitrogens with zero attached hydrogens (tertiary/aromatic N) is 3. The Kier molecular flexibility index (Phi) is 5.79. The number of hydrogen-bond acceptors (Lipinski definition) is 5. The first-order chi connectivity index (χ1) is 17.4. The van der Waals surface area contributed by atoms with Gasteiger partial charge >= 0.3 is 0 Å². The molecule has 11 heteroatoms. The number of H-pyrrole nitrogens is 2. The molecule has 3 aliphatic rings. The van der Waals surface area contributed by atoms with E-state index in [1.54, 1.807) is 6.07 Å². The van der Waals surface area contributed by atoms with Crippen molar-refractivity contribution in [3.8, 4) is 11.3 Å². The lowest BCUT2D eigenvalue weighted by molar-refractivity contribution is -0.141. The summed E-state index contributed by atoms with van der Waals surface area (Å²) in [5.74, 6) is -1.58. The van der Waals surface area contributed by atoms with Gasteiger partial charge in [0.05, 0.1) is 35.6 Å². The average molecular weight is 497 g/mol. The Morgan fingerprint density at radius 2 is 1.83 bits per heavy atom. The fraction of sp³-hybridized carbons (Fsp3) is 0.440. The van der Waals surface area contributed by atoms with E-state index in [2.05, 4.69) is 25.7 Å². The Labute approximate surface area is 205 Å². The molecule has 2 bridgehead atoms. The van der Waals surface area contributed by atoms with Crippen LogP contribution in [0.25, 0.3) is 11.3 Å². The zero-order valence-electron chi connectivity index (χ0n) is 19.5. The standard InChI is InChI=1S/C25H26F2N6O3/c26-14-7-13(8-15(27)9-14)18-11-20(31-29-18)24(34)28-23-12-19(30-32-23)21-3-1-2-6-33(21)25(35)17-10-16-4-5-22(17)36-16/h7-9,11-12,16-17,21-22H,1-6,10H2,(H,29,31)(H2,28,30,32,34)/t16-,17-,21-,22-/m0/s1. The van der Waals surface area contributed by atoms with Gasteiger partial charge in [0.1, 0.15) is 17.3 Å². The molecule has 3 aromatic rings. The summed E-state index contributed by atoms with van der Waals surface area (Å²) in [5, 5.41) is 16.5. The number of ether oxygens (including phenoxy) is 1. The van der Waals surface area contributed by atoms with Gasteiger partial charge in [0.2, 0.25) is 5.91 Å². The topological polar surface area (TPSA) is 116 Å². The highest BCUT2D eigenvalue weighted by molar-refractivity contribution is 6.03. The number of benzene rings is 1. The number of fused-ring (bicyclic) bond motifs is 2.